The topological polar surface area (TPSA) is 73.1 Å². The molecule has 1 aromatic heterocycles. The fraction of sp³-hybridized carbons (Fsp3) is 0.160. The third-order valence-electron chi connectivity index (χ3n) is 5.50. The quantitative estimate of drug-likeness (QED) is 0.450. The van der Waals surface area contributed by atoms with E-state index in [0.29, 0.717) is 15.7 Å². The van der Waals surface area contributed by atoms with Crippen LogP contribution in [0.25, 0.3) is 16.6 Å². The largest absolute Gasteiger partial charge is 0.348 e. The molecule has 0 saturated carbocycles. The molecule has 1 heterocycles. The van der Waals surface area contributed by atoms with E-state index in [1.165, 1.54) is 10.6 Å². The first-order valence-electron chi connectivity index (χ1n) is 10.3. The molecule has 3 aromatic carbocycles. The van der Waals surface area contributed by atoms with Gasteiger partial charge in [0.1, 0.15) is 6.54 Å². The number of amides is 1. The van der Waals surface area contributed by atoms with E-state index >= 15 is 0 Å². The van der Waals surface area contributed by atoms with E-state index in [1.807, 2.05) is 44.2 Å². The summed E-state index contributed by atoms with van der Waals surface area (Å²) in [6.45, 7) is 3.40. The van der Waals surface area contributed by atoms with Crippen molar-refractivity contribution in [3.63, 3.8) is 0 Å². The minimum absolute atomic E-state index is 0.258. The molecule has 0 fully saturated rings. The maximum atomic E-state index is 13.5. The molecule has 0 aliphatic heterocycles. The second-order valence-electron chi connectivity index (χ2n) is 7.80. The van der Waals surface area contributed by atoms with E-state index in [2.05, 4.69) is 5.32 Å². The summed E-state index contributed by atoms with van der Waals surface area (Å²) in [6.07, 6.45) is 0. The molecule has 0 unspecified atom stereocenters. The van der Waals surface area contributed by atoms with Crippen molar-refractivity contribution in [3.05, 3.63) is 109 Å². The average Bonchev–Trinajstić information content (AvgIpc) is 2.79. The smallest absolute Gasteiger partial charge is 0.336 e. The Balaban J connectivity index is 1.82. The number of hydrogen-bond acceptors (Lipinski definition) is 3. The van der Waals surface area contributed by atoms with Crippen LogP contribution in [0.15, 0.2) is 76.3 Å². The Labute approximate surface area is 200 Å². The van der Waals surface area contributed by atoms with Gasteiger partial charge in [0.25, 0.3) is 5.56 Å². The van der Waals surface area contributed by atoms with Crippen LogP contribution in [0.4, 0.5) is 0 Å². The van der Waals surface area contributed by atoms with E-state index in [0.717, 1.165) is 15.7 Å². The highest BCUT2D eigenvalue weighted by molar-refractivity contribution is 6.31. The van der Waals surface area contributed by atoms with Gasteiger partial charge in [-0.1, -0.05) is 59.6 Å². The zero-order chi connectivity index (χ0) is 23.7. The summed E-state index contributed by atoms with van der Waals surface area (Å²) in [6, 6.07) is 18.8. The molecule has 0 saturated heterocycles. The maximum Gasteiger partial charge on any atom is 0.336 e. The van der Waals surface area contributed by atoms with Crippen molar-refractivity contribution in [2.24, 2.45) is 0 Å². The minimum atomic E-state index is -0.655. The first-order chi connectivity index (χ1) is 15.8. The van der Waals surface area contributed by atoms with E-state index in [1.54, 1.807) is 30.3 Å². The van der Waals surface area contributed by atoms with Crippen LogP contribution in [-0.4, -0.2) is 15.0 Å². The number of nitrogens with zero attached hydrogens (tertiary/aromatic N) is 2. The van der Waals surface area contributed by atoms with Gasteiger partial charge in [-0.2, -0.15) is 0 Å². The monoisotopic (exact) mass is 481 g/mol. The van der Waals surface area contributed by atoms with Gasteiger partial charge in [0, 0.05) is 10.0 Å². The van der Waals surface area contributed by atoms with Crippen molar-refractivity contribution in [2.75, 3.05) is 0 Å². The Hall–Kier alpha value is -3.35. The number of aromatic nitrogens is 2. The molecule has 0 spiro atoms. The molecule has 6 nitrogen and oxygen atoms in total. The lowest BCUT2D eigenvalue weighted by atomic mass is 10.1. The number of halogens is 2. The standard InChI is InChI=1S/C25H21Cl2N3O3/c1-15-8-10-19(13-21(15)27)30-24(32)20-11-9-18(26)12-22(20)29(25(30)33)14-23(31)28-16(2)17-6-4-3-5-7-17/h3-13,16H,14H2,1-2H3,(H,28,31)/t16-/m0/s1. The van der Waals surface area contributed by atoms with Crippen molar-refractivity contribution < 1.29 is 4.79 Å². The molecule has 1 atom stereocenters. The van der Waals surface area contributed by atoms with Gasteiger partial charge >= 0.3 is 5.69 Å². The molecule has 4 aromatic rings. The van der Waals surface area contributed by atoms with Crippen molar-refractivity contribution in [1.82, 2.24) is 14.5 Å². The zero-order valence-electron chi connectivity index (χ0n) is 18.0. The van der Waals surface area contributed by atoms with Crippen LogP contribution in [0.3, 0.4) is 0 Å². The Bertz CT molecular complexity index is 1480. The number of aryl methyl sites for hydroxylation is 1. The second kappa shape index (κ2) is 9.25. The van der Waals surface area contributed by atoms with Crippen molar-refractivity contribution in [1.29, 1.82) is 0 Å². The highest BCUT2D eigenvalue weighted by atomic mass is 35.5. The number of carbonyl (C=O) groups is 1. The first kappa shape index (κ1) is 22.8. The van der Waals surface area contributed by atoms with E-state index in [9.17, 15) is 14.4 Å². The number of fused-ring (bicyclic) bond motifs is 1. The molecule has 0 bridgehead atoms. The summed E-state index contributed by atoms with van der Waals surface area (Å²) < 4.78 is 2.28. The van der Waals surface area contributed by atoms with Crippen LogP contribution >= 0.6 is 23.2 Å². The van der Waals surface area contributed by atoms with E-state index < -0.39 is 11.2 Å². The van der Waals surface area contributed by atoms with Crippen LogP contribution in [-0.2, 0) is 11.3 Å². The van der Waals surface area contributed by atoms with Gasteiger partial charge < -0.3 is 5.32 Å². The summed E-state index contributed by atoms with van der Waals surface area (Å²) in [4.78, 5) is 39.6. The van der Waals surface area contributed by atoms with Crippen molar-refractivity contribution in [3.8, 4) is 5.69 Å². The number of nitrogens with one attached hydrogen (secondary N) is 1. The molecule has 33 heavy (non-hydrogen) atoms. The fourth-order valence-electron chi connectivity index (χ4n) is 3.70. The summed E-state index contributed by atoms with van der Waals surface area (Å²) in [5.41, 5.74) is 1.19. The minimum Gasteiger partial charge on any atom is -0.348 e. The molecule has 1 amide bonds. The van der Waals surface area contributed by atoms with Gasteiger partial charge in [0.2, 0.25) is 5.91 Å². The van der Waals surface area contributed by atoms with Gasteiger partial charge in [-0.05, 0) is 55.3 Å². The Morgan fingerprint density at radius 2 is 1.73 bits per heavy atom. The lowest BCUT2D eigenvalue weighted by Crippen LogP contribution is -2.42. The lowest BCUT2D eigenvalue weighted by molar-refractivity contribution is -0.122. The summed E-state index contributed by atoms with van der Waals surface area (Å²) >= 11 is 12.4. The zero-order valence-corrected chi connectivity index (χ0v) is 19.5. The molecule has 168 valence electrons. The lowest BCUT2D eigenvalue weighted by Gasteiger charge is -2.17. The summed E-state index contributed by atoms with van der Waals surface area (Å²) in [5.74, 6) is -0.373. The molecule has 0 aliphatic carbocycles. The second-order valence-corrected chi connectivity index (χ2v) is 8.65. The third-order valence-corrected chi connectivity index (χ3v) is 6.14. The molecule has 8 heteroatoms. The number of benzene rings is 3. The van der Waals surface area contributed by atoms with Crippen LogP contribution in [0.2, 0.25) is 10.0 Å². The predicted octanol–water partition coefficient (Wildman–Crippen LogP) is 4.65. The van der Waals surface area contributed by atoms with E-state index in [4.69, 9.17) is 23.2 Å². The van der Waals surface area contributed by atoms with Gasteiger partial charge in [-0.25, -0.2) is 9.36 Å². The van der Waals surface area contributed by atoms with Gasteiger partial charge in [0.05, 0.1) is 22.6 Å². The third kappa shape index (κ3) is 4.58. The SMILES string of the molecule is Cc1ccc(-n2c(=O)c3ccc(Cl)cc3n(CC(=O)N[C@@H](C)c3ccccc3)c2=O)cc1Cl. The normalized spacial score (nSPS) is 12.0. The Morgan fingerprint density at radius 1 is 1.00 bits per heavy atom. The molecule has 4 rings (SSSR count). The van der Waals surface area contributed by atoms with Gasteiger partial charge in [-0.3, -0.25) is 14.2 Å². The highest BCUT2D eigenvalue weighted by Gasteiger charge is 2.18. The first-order valence-corrected chi connectivity index (χ1v) is 11.1. The molecule has 0 radical (unpaired) electrons. The summed E-state index contributed by atoms with van der Waals surface area (Å²) in [5, 5.41) is 3.94. The van der Waals surface area contributed by atoms with Crippen LogP contribution in [0.5, 0.6) is 0 Å². The molecular weight excluding hydrogens is 461 g/mol. The fourth-order valence-corrected chi connectivity index (χ4v) is 4.04. The van der Waals surface area contributed by atoms with Crippen LogP contribution in [0.1, 0.15) is 24.1 Å². The predicted molar refractivity (Wildman–Crippen MR) is 132 cm³/mol. The molecular formula is C25H21Cl2N3O3. The van der Waals surface area contributed by atoms with Gasteiger partial charge in [0.15, 0.2) is 0 Å². The van der Waals surface area contributed by atoms with Crippen LogP contribution in [0, 0.1) is 6.92 Å². The number of hydrogen-bond donors (Lipinski definition) is 1. The Morgan fingerprint density at radius 3 is 2.42 bits per heavy atom. The highest BCUT2D eigenvalue weighted by Crippen LogP contribution is 2.20. The van der Waals surface area contributed by atoms with Crippen molar-refractivity contribution >= 4 is 40.0 Å². The van der Waals surface area contributed by atoms with Gasteiger partial charge in [-0.15, -0.1) is 0 Å². The Kier molecular flexibility index (Phi) is 6.40. The number of rotatable bonds is 5. The van der Waals surface area contributed by atoms with Crippen molar-refractivity contribution in [2.45, 2.75) is 26.4 Å². The van der Waals surface area contributed by atoms with E-state index in [-0.39, 0.29) is 29.4 Å². The maximum absolute atomic E-state index is 13.5. The molecule has 0 aliphatic rings. The molecule has 1 N–H and O–H groups in total. The summed E-state index contributed by atoms with van der Waals surface area (Å²) in [7, 11) is 0. The average molecular weight is 482 g/mol. The van der Waals surface area contributed by atoms with Crippen LogP contribution < -0.4 is 16.6 Å². The number of carbonyl (C=O) groups excluding carboxylic acids is 1.